The number of aromatic nitrogens is 3. The largest absolute Gasteiger partial charge is 0.371 e. The number of imidazole rings is 1. The average Bonchev–Trinajstić information content (AvgIpc) is 3.59. The van der Waals surface area contributed by atoms with Crippen LogP contribution in [0.2, 0.25) is 0 Å². The molecule has 5 heteroatoms. The molecule has 0 spiro atoms. The van der Waals surface area contributed by atoms with E-state index in [0.29, 0.717) is 0 Å². The zero-order chi connectivity index (χ0) is 30.4. The zero-order valence-electron chi connectivity index (χ0n) is 26.0. The van der Waals surface area contributed by atoms with Crippen LogP contribution in [0, 0.1) is 19.1 Å². The summed E-state index contributed by atoms with van der Waals surface area (Å²) < 4.78 is 4.71. The molecule has 0 amide bonds. The van der Waals surface area contributed by atoms with Crippen LogP contribution in [0.4, 0.5) is 0 Å². The van der Waals surface area contributed by atoms with Crippen LogP contribution >= 0.6 is 11.3 Å². The standard InChI is InChI=1S/C25H17N2S.C15H16N.Ir/c1-15-14-26-25(27(15)2)19-8-9-22-21(13-19)24-20-12-17-6-4-3-5-16(17)11-18(20)7-10-23(24)28-22;1-15(2,3)13-9-7-12(8-10-13)14-6-4-5-11-16-14;/h3-7,9-14H,1-2H3;4-7,9-11H,1-3H3;/q2*-1;. The third-order valence-corrected chi connectivity index (χ3v) is 9.45. The number of fused-ring (bicyclic) bond motifs is 6. The van der Waals surface area contributed by atoms with Gasteiger partial charge in [-0.15, -0.1) is 59.2 Å². The molecule has 0 N–H and O–H groups in total. The fourth-order valence-corrected chi connectivity index (χ4v) is 6.76. The first-order valence-electron chi connectivity index (χ1n) is 14.9. The van der Waals surface area contributed by atoms with Gasteiger partial charge in [0.1, 0.15) is 0 Å². The monoisotopic (exact) mass is 780 g/mol. The number of thiophene rings is 1. The van der Waals surface area contributed by atoms with Crippen molar-refractivity contribution in [3.05, 3.63) is 133 Å². The van der Waals surface area contributed by atoms with Crippen molar-refractivity contribution >= 4 is 53.1 Å². The Morgan fingerprint density at radius 2 is 1.47 bits per heavy atom. The van der Waals surface area contributed by atoms with Gasteiger partial charge in [-0.25, -0.2) is 0 Å². The number of pyridine rings is 1. The molecule has 0 unspecified atom stereocenters. The van der Waals surface area contributed by atoms with Crippen molar-refractivity contribution in [2.45, 2.75) is 33.1 Å². The number of nitrogens with zero attached hydrogens (tertiary/aromatic N) is 3. The predicted molar refractivity (Wildman–Crippen MR) is 187 cm³/mol. The molecule has 0 saturated heterocycles. The molecule has 0 aliphatic rings. The molecule has 3 heterocycles. The average molecular weight is 780 g/mol. The molecule has 0 atom stereocenters. The molecule has 0 aliphatic carbocycles. The van der Waals surface area contributed by atoms with Crippen LogP contribution in [0.25, 0.3) is 64.4 Å². The maximum absolute atomic E-state index is 4.60. The summed E-state index contributed by atoms with van der Waals surface area (Å²) in [6.45, 7) is 8.69. The minimum Gasteiger partial charge on any atom is -0.371 e. The van der Waals surface area contributed by atoms with Crippen LogP contribution in [0.3, 0.4) is 0 Å². The van der Waals surface area contributed by atoms with Crippen molar-refractivity contribution in [2.24, 2.45) is 7.05 Å². The Morgan fingerprint density at radius 3 is 2.13 bits per heavy atom. The Hall–Kier alpha value is -4.15. The van der Waals surface area contributed by atoms with Crippen molar-refractivity contribution in [2.75, 3.05) is 0 Å². The van der Waals surface area contributed by atoms with Crippen molar-refractivity contribution in [3.8, 4) is 22.6 Å². The van der Waals surface area contributed by atoms with E-state index in [-0.39, 0.29) is 25.5 Å². The van der Waals surface area contributed by atoms with Crippen molar-refractivity contribution in [1.29, 1.82) is 0 Å². The number of hydrogen-bond donors (Lipinski definition) is 0. The molecule has 3 nitrogen and oxygen atoms in total. The second-order valence-corrected chi connectivity index (χ2v) is 13.4. The van der Waals surface area contributed by atoms with Gasteiger partial charge in [-0.3, -0.25) is 4.98 Å². The Bertz CT molecular complexity index is 2270. The topological polar surface area (TPSA) is 30.7 Å². The third kappa shape index (κ3) is 5.96. The van der Waals surface area contributed by atoms with Gasteiger partial charge in [-0.1, -0.05) is 68.6 Å². The Balaban J connectivity index is 0.000000181. The van der Waals surface area contributed by atoms with Gasteiger partial charge in [0.05, 0.1) is 5.82 Å². The number of benzene rings is 5. The molecule has 1 radical (unpaired) electrons. The van der Waals surface area contributed by atoms with E-state index >= 15 is 0 Å². The van der Waals surface area contributed by atoms with E-state index < -0.39 is 0 Å². The third-order valence-electron chi connectivity index (χ3n) is 8.33. The van der Waals surface area contributed by atoms with Gasteiger partial charge in [-0.2, -0.15) is 11.3 Å². The molecule has 0 aliphatic heterocycles. The minimum atomic E-state index is 0. The van der Waals surface area contributed by atoms with E-state index in [0.717, 1.165) is 28.3 Å². The zero-order valence-corrected chi connectivity index (χ0v) is 29.2. The van der Waals surface area contributed by atoms with Gasteiger partial charge in [0.25, 0.3) is 0 Å². The van der Waals surface area contributed by atoms with Crippen LogP contribution < -0.4 is 0 Å². The van der Waals surface area contributed by atoms with Gasteiger partial charge in [-0.05, 0) is 73.9 Å². The van der Waals surface area contributed by atoms with Crippen LogP contribution in [0.5, 0.6) is 0 Å². The van der Waals surface area contributed by atoms with E-state index in [2.05, 4.69) is 140 Å². The number of rotatable bonds is 2. The molecule has 0 saturated carbocycles. The molecule has 45 heavy (non-hydrogen) atoms. The summed E-state index contributed by atoms with van der Waals surface area (Å²) in [5.41, 5.74) is 5.69. The summed E-state index contributed by atoms with van der Waals surface area (Å²) in [5, 5.41) is 7.79. The first kappa shape index (κ1) is 30.9. The van der Waals surface area contributed by atoms with E-state index in [1.807, 2.05) is 35.7 Å². The first-order valence-corrected chi connectivity index (χ1v) is 15.7. The molecular formula is C40H33IrN3S-2. The predicted octanol–water partition coefficient (Wildman–Crippen LogP) is 10.7. The van der Waals surface area contributed by atoms with Gasteiger partial charge < -0.3 is 9.55 Å². The summed E-state index contributed by atoms with van der Waals surface area (Å²) in [6.07, 6.45) is 3.72. The molecule has 0 fully saturated rings. The summed E-state index contributed by atoms with van der Waals surface area (Å²) >= 11 is 1.84. The maximum atomic E-state index is 4.60. The number of hydrogen-bond acceptors (Lipinski definition) is 3. The van der Waals surface area contributed by atoms with Crippen molar-refractivity contribution < 1.29 is 20.1 Å². The van der Waals surface area contributed by atoms with Crippen LogP contribution in [-0.4, -0.2) is 14.5 Å². The number of aryl methyl sites for hydroxylation is 1. The smallest absolute Gasteiger partial charge is 0.0558 e. The van der Waals surface area contributed by atoms with E-state index in [9.17, 15) is 0 Å². The Labute approximate surface area is 282 Å². The molecule has 0 bridgehead atoms. The van der Waals surface area contributed by atoms with E-state index in [1.54, 1.807) is 6.20 Å². The Morgan fingerprint density at radius 1 is 0.711 bits per heavy atom. The van der Waals surface area contributed by atoms with Gasteiger partial charge in [0.15, 0.2) is 0 Å². The minimum absolute atomic E-state index is 0. The Kier molecular flexibility index (Phi) is 8.45. The molecule has 8 rings (SSSR count). The second-order valence-electron chi connectivity index (χ2n) is 12.3. The SMILES string of the molecule is CC(C)(C)c1c[c-]c(-c2ccccn2)cc1.Cc1cnc(-c2[c-]cc3sc4ccc5cc6ccccc6cc5c4c3c2)n1C.[Ir]. The van der Waals surface area contributed by atoms with Crippen molar-refractivity contribution in [1.82, 2.24) is 14.5 Å². The summed E-state index contributed by atoms with van der Waals surface area (Å²) in [5.74, 6) is 0.962. The first-order chi connectivity index (χ1) is 21.3. The summed E-state index contributed by atoms with van der Waals surface area (Å²) in [7, 11) is 2.06. The molecule has 8 aromatic rings. The second kappa shape index (κ2) is 12.3. The van der Waals surface area contributed by atoms with Gasteiger partial charge >= 0.3 is 0 Å². The van der Waals surface area contributed by atoms with Crippen molar-refractivity contribution in [3.63, 3.8) is 0 Å². The summed E-state index contributed by atoms with van der Waals surface area (Å²) in [4.78, 5) is 8.90. The fraction of sp³-hybridized carbons (Fsp3) is 0.150. The van der Waals surface area contributed by atoms with Crippen LogP contribution in [-0.2, 0) is 32.6 Å². The molecule has 3 aromatic heterocycles. The quantitative estimate of drug-likeness (QED) is 0.129. The molecule has 225 valence electrons. The van der Waals surface area contributed by atoms with Crippen LogP contribution in [0.15, 0.2) is 109 Å². The van der Waals surface area contributed by atoms with E-state index in [1.165, 1.54) is 47.3 Å². The fourth-order valence-electron chi connectivity index (χ4n) is 5.68. The van der Waals surface area contributed by atoms with Gasteiger partial charge in [0.2, 0.25) is 0 Å². The van der Waals surface area contributed by atoms with E-state index in [4.69, 9.17) is 0 Å². The van der Waals surface area contributed by atoms with Gasteiger partial charge in [0, 0.05) is 49.9 Å². The summed E-state index contributed by atoms with van der Waals surface area (Å²) in [6, 6.07) is 41.0. The van der Waals surface area contributed by atoms with Crippen LogP contribution in [0.1, 0.15) is 32.0 Å². The maximum Gasteiger partial charge on any atom is 0.0558 e. The molecular weight excluding hydrogens is 747 g/mol. The molecule has 5 aromatic carbocycles. The normalized spacial score (nSPS) is 11.5.